The van der Waals surface area contributed by atoms with Gasteiger partial charge in [-0.1, -0.05) is 35.9 Å². The number of benzene rings is 3. The Balaban J connectivity index is 1.70. The lowest BCUT2D eigenvalue weighted by Crippen LogP contribution is -2.55. The summed E-state index contributed by atoms with van der Waals surface area (Å²) in [6.45, 7) is 5.07. The third-order valence-corrected chi connectivity index (χ3v) is 7.52. The molecule has 1 atom stereocenters. The highest BCUT2D eigenvalue weighted by molar-refractivity contribution is 6.34. The minimum Gasteiger partial charge on any atom is -0.497 e. The number of ether oxygens (including phenoxy) is 2. The molecule has 1 fully saturated rings. The molecule has 192 valence electrons. The molecule has 0 aromatic heterocycles. The fourth-order valence-electron chi connectivity index (χ4n) is 5.19. The number of anilines is 2. The van der Waals surface area contributed by atoms with Crippen LogP contribution in [0.2, 0.25) is 5.02 Å². The Morgan fingerprint density at radius 1 is 0.919 bits per heavy atom. The van der Waals surface area contributed by atoms with Crippen LogP contribution in [0.15, 0.2) is 60.7 Å². The second kappa shape index (κ2) is 10.1. The third kappa shape index (κ3) is 4.43. The molecule has 2 heterocycles. The second-order valence-electron chi connectivity index (χ2n) is 9.48. The molecule has 8 heteroatoms. The van der Waals surface area contributed by atoms with Crippen LogP contribution >= 0.6 is 11.6 Å². The van der Waals surface area contributed by atoms with E-state index in [0.717, 1.165) is 37.4 Å². The summed E-state index contributed by atoms with van der Waals surface area (Å²) in [6, 6.07) is 18.3. The molecule has 1 unspecified atom stereocenters. The molecule has 1 N–H and O–H groups in total. The van der Waals surface area contributed by atoms with E-state index in [2.05, 4.69) is 10.2 Å². The molecule has 37 heavy (non-hydrogen) atoms. The Morgan fingerprint density at radius 2 is 1.59 bits per heavy atom. The first-order valence-electron chi connectivity index (χ1n) is 12.3. The first-order valence-corrected chi connectivity index (χ1v) is 12.7. The molecule has 0 aliphatic carbocycles. The predicted molar refractivity (Wildman–Crippen MR) is 145 cm³/mol. The standard InChI is InChI=1S/C29H30ClN3O4/c1-29(20-7-9-22(36-2)10-8-20)27(34)26-24(32-13-11-31-12-14-32)16-21(30)17-25(26)33(28(29)35)18-19-5-4-6-23(15-19)37-3/h4-10,15-17,31H,11-14,18H2,1-3H3. The van der Waals surface area contributed by atoms with E-state index in [1.807, 2.05) is 30.3 Å². The molecule has 1 amide bonds. The SMILES string of the molecule is COc1ccc(C2(C)C(=O)c3c(N4CCNCC4)cc(Cl)cc3N(Cc3cccc(OC)c3)C2=O)cc1. The van der Waals surface area contributed by atoms with Crippen LogP contribution in [0.4, 0.5) is 11.4 Å². The fraction of sp³-hybridized carbons (Fsp3) is 0.310. The molecule has 0 bridgehead atoms. The number of Topliss-reactive ketones (excluding diaryl/α,β-unsaturated/α-hetero) is 1. The first-order chi connectivity index (χ1) is 17.9. The van der Waals surface area contributed by atoms with E-state index in [9.17, 15) is 9.59 Å². The lowest BCUT2D eigenvalue weighted by molar-refractivity contribution is -0.122. The summed E-state index contributed by atoms with van der Waals surface area (Å²) in [4.78, 5) is 32.6. The average molecular weight is 520 g/mol. The monoisotopic (exact) mass is 519 g/mol. The van der Waals surface area contributed by atoms with Gasteiger partial charge >= 0.3 is 0 Å². The minimum absolute atomic E-state index is 0.232. The van der Waals surface area contributed by atoms with Crippen LogP contribution in [0.1, 0.15) is 28.4 Å². The topological polar surface area (TPSA) is 71.1 Å². The lowest BCUT2D eigenvalue weighted by Gasteiger charge is -2.42. The lowest BCUT2D eigenvalue weighted by atomic mass is 9.71. The van der Waals surface area contributed by atoms with Crippen molar-refractivity contribution in [3.8, 4) is 11.5 Å². The zero-order valence-electron chi connectivity index (χ0n) is 21.2. The average Bonchev–Trinajstić information content (AvgIpc) is 2.94. The molecule has 7 nitrogen and oxygen atoms in total. The molecule has 0 spiro atoms. The maximum Gasteiger partial charge on any atom is 0.245 e. The molecular weight excluding hydrogens is 490 g/mol. The number of hydrogen-bond donors (Lipinski definition) is 1. The fourth-order valence-corrected chi connectivity index (χ4v) is 5.40. The Morgan fingerprint density at radius 3 is 2.27 bits per heavy atom. The summed E-state index contributed by atoms with van der Waals surface area (Å²) in [6.07, 6.45) is 0. The van der Waals surface area contributed by atoms with Crippen LogP contribution in [0.5, 0.6) is 11.5 Å². The van der Waals surface area contributed by atoms with Gasteiger partial charge in [0.2, 0.25) is 5.91 Å². The van der Waals surface area contributed by atoms with Crippen molar-refractivity contribution in [2.45, 2.75) is 18.9 Å². The maximum atomic E-state index is 14.4. The summed E-state index contributed by atoms with van der Waals surface area (Å²) in [5.74, 6) is 0.824. The highest BCUT2D eigenvalue weighted by Crippen LogP contribution is 2.46. The summed E-state index contributed by atoms with van der Waals surface area (Å²) in [5, 5.41) is 3.84. The van der Waals surface area contributed by atoms with Crippen LogP contribution in [-0.4, -0.2) is 52.1 Å². The number of methoxy groups -OCH3 is 2. The van der Waals surface area contributed by atoms with Crippen molar-refractivity contribution in [3.63, 3.8) is 0 Å². The van der Waals surface area contributed by atoms with E-state index in [1.54, 1.807) is 56.4 Å². The van der Waals surface area contributed by atoms with Gasteiger partial charge in [-0.05, 0) is 54.4 Å². The van der Waals surface area contributed by atoms with E-state index in [1.165, 1.54) is 0 Å². The van der Waals surface area contributed by atoms with E-state index in [-0.39, 0.29) is 18.2 Å². The number of hydrogen-bond acceptors (Lipinski definition) is 6. The van der Waals surface area contributed by atoms with E-state index in [0.29, 0.717) is 33.3 Å². The zero-order chi connectivity index (χ0) is 26.2. The number of nitrogens with one attached hydrogen (secondary N) is 1. The van der Waals surface area contributed by atoms with Crippen molar-refractivity contribution >= 4 is 34.7 Å². The largest absolute Gasteiger partial charge is 0.497 e. The van der Waals surface area contributed by atoms with Crippen LogP contribution in [0, 0.1) is 0 Å². The van der Waals surface area contributed by atoms with Gasteiger partial charge in [0.25, 0.3) is 0 Å². The minimum atomic E-state index is -1.42. The van der Waals surface area contributed by atoms with Crippen LogP contribution in [-0.2, 0) is 16.8 Å². The highest BCUT2D eigenvalue weighted by atomic mass is 35.5. The van der Waals surface area contributed by atoms with Crippen LogP contribution < -0.4 is 24.6 Å². The van der Waals surface area contributed by atoms with Gasteiger partial charge in [-0.3, -0.25) is 9.59 Å². The van der Waals surface area contributed by atoms with Gasteiger partial charge in [0.15, 0.2) is 5.78 Å². The molecule has 5 rings (SSSR count). The van der Waals surface area contributed by atoms with Gasteiger partial charge in [0.05, 0.1) is 37.7 Å². The third-order valence-electron chi connectivity index (χ3n) is 7.31. The number of amides is 1. The first kappa shape index (κ1) is 25.1. The summed E-state index contributed by atoms with van der Waals surface area (Å²) < 4.78 is 10.7. The van der Waals surface area contributed by atoms with Crippen LogP contribution in [0.25, 0.3) is 0 Å². The number of ketones is 1. The smallest absolute Gasteiger partial charge is 0.245 e. The normalized spacial score (nSPS) is 19.6. The van der Waals surface area contributed by atoms with Crippen molar-refractivity contribution < 1.29 is 19.1 Å². The Bertz CT molecular complexity index is 1340. The molecule has 0 saturated carbocycles. The van der Waals surface area contributed by atoms with Gasteiger partial charge in [-0.2, -0.15) is 0 Å². The van der Waals surface area contributed by atoms with E-state index in [4.69, 9.17) is 21.1 Å². The summed E-state index contributed by atoms with van der Waals surface area (Å²) in [5.41, 5.74) is 1.89. The van der Waals surface area contributed by atoms with Gasteiger partial charge in [0, 0.05) is 31.2 Å². The number of carbonyl (C=O) groups is 2. The van der Waals surface area contributed by atoms with Crippen molar-refractivity contribution in [2.75, 3.05) is 50.2 Å². The maximum absolute atomic E-state index is 14.4. The van der Waals surface area contributed by atoms with E-state index < -0.39 is 5.41 Å². The number of rotatable bonds is 6. The van der Waals surface area contributed by atoms with Gasteiger partial charge < -0.3 is 24.6 Å². The quantitative estimate of drug-likeness (QED) is 0.485. The number of carbonyl (C=O) groups excluding carboxylic acids is 2. The summed E-state index contributed by atoms with van der Waals surface area (Å²) in [7, 11) is 3.20. The van der Waals surface area contributed by atoms with Crippen molar-refractivity contribution in [2.24, 2.45) is 0 Å². The van der Waals surface area contributed by atoms with Gasteiger partial charge in [-0.25, -0.2) is 0 Å². The molecule has 2 aliphatic heterocycles. The molecule has 0 radical (unpaired) electrons. The van der Waals surface area contributed by atoms with Gasteiger partial charge in [-0.15, -0.1) is 0 Å². The Labute approximate surface area is 221 Å². The highest BCUT2D eigenvalue weighted by Gasteiger charge is 2.52. The molecule has 3 aromatic carbocycles. The van der Waals surface area contributed by atoms with Crippen molar-refractivity contribution in [3.05, 3.63) is 82.4 Å². The Hall–Kier alpha value is -3.55. The molecule has 1 saturated heterocycles. The number of fused-ring (bicyclic) bond motifs is 1. The number of piperazine rings is 1. The van der Waals surface area contributed by atoms with E-state index >= 15 is 0 Å². The Kier molecular flexibility index (Phi) is 6.84. The molecule has 3 aromatic rings. The molecular formula is C29H30ClN3O4. The van der Waals surface area contributed by atoms with Crippen molar-refractivity contribution in [1.82, 2.24) is 5.32 Å². The van der Waals surface area contributed by atoms with Crippen LogP contribution in [0.3, 0.4) is 0 Å². The predicted octanol–water partition coefficient (Wildman–Crippen LogP) is 4.45. The number of halogens is 1. The zero-order valence-corrected chi connectivity index (χ0v) is 22.0. The second-order valence-corrected chi connectivity index (χ2v) is 9.92. The molecule has 2 aliphatic rings. The summed E-state index contributed by atoms with van der Waals surface area (Å²) >= 11 is 6.61. The number of nitrogens with zero attached hydrogens (tertiary/aromatic N) is 2. The van der Waals surface area contributed by atoms with Crippen molar-refractivity contribution in [1.29, 1.82) is 0 Å². The van der Waals surface area contributed by atoms with Gasteiger partial charge in [0.1, 0.15) is 16.9 Å².